The molecule has 1 saturated carbocycles. The Balaban J connectivity index is 1.60. The van der Waals surface area contributed by atoms with Crippen molar-refractivity contribution < 1.29 is 32.2 Å². The average molecular weight is 465 g/mol. The minimum Gasteiger partial charge on any atom is -0.494 e. The molecular weight excluding hydrogens is 442 g/mol. The van der Waals surface area contributed by atoms with E-state index in [0.717, 1.165) is 31.7 Å². The number of fused-ring (bicyclic) bond motifs is 1. The van der Waals surface area contributed by atoms with Crippen molar-refractivity contribution in [3.8, 4) is 5.75 Å². The number of amides is 1. The van der Waals surface area contributed by atoms with Crippen molar-refractivity contribution in [3.63, 3.8) is 0 Å². The van der Waals surface area contributed by atoms with Gasteiger partial charge >= 0.3 is 6.18 Å². The number of halogens is 4. The lowest BCUT2D eigenvalue weighted by Gasteiger charge is -2.27. The number of rotatable bonds is 5. The molecule has 0 aliphatic heterocycles. The highest BCUT2D eigenvalue weighted by Crippen LogP contribution is 2.35. The third kappa shape index (κ3) is 4.95. The van der Waals surface area contributed by atoms with Crippen LogP contribution in [0.15, 0.2) is 36.5 Å². The second kappa shape index (κ2) is 9.01. The minimum atomic E-state index is -4.78. The zero-order valence-corrected chi connectivity index (χ0v) is 17.8. The molecule has 0 saturated heterocycles. The van der Waals surface area contributed by atoms with Gasteiger partial charge in [-0.1, -0.05) is 0 Å². The van der Waals surface area contributed by atoms with Crippen molar-refractivity contribution in [2.24, 2.45) is 5.92 Å². The molecule has 0 radical (unpaired) electrons. The maximum Gasteiger partial charge on any atom is 0.416 e. The maximum absolute atomic E-state index is 13.7. The van der Waals surface area contributed by atoms with Crippen LogP contribution in [0, 0.1) is 11.7 Å². The van der Waals surface area contributed by atoms with E-state index < -0.39 is 29.0 Å². The summed E-state index contributed by atoms with van der Waals surface area (Å²) in [6.07, 6.45) is 0.671. The number of carbonyl (C=O) groups is 1. The molecule has 0 atom stereocenters. The van der Waals surface area contributed by atoms with Crippen molar-refractivity contribution in [3.05, 3.63) is 53.5 Å². The lowest BCUT2D eigenvalue weighted by Crippen LogP contribution is -2.20. The lowest BCUT2D eigenvalue weighted by atomic mass is 9.87. The van der Waals surface area contributed by atoms with Gasteiger partial charge < -0.3 is 15.2 Å². The molecule has 33 heavy (non-hydrogen) atoms. The summed E-state index contributed by atoms with van der Waals surface area (Å²) in [4.78, 5) is 12.6. The van der Waals surface area contributed by atoms with E-state index in [2.05, 4.69) is 10.4 Å². The number of nitrogens with one attached hydrogen (secondary N) is 1. The lowest BCUT2D eigenvalue weighted by molar-refractivity contribution is -0.137. The fourth-order valence-corrected chi connectivity index (χ4v) is 4.20. The van der Waals surface area contributed by atoms with Gasteiger partial charge in [0.2, 0.25) is 0 Å². The molecule has 2 aromatic carbocycles. The summed E-state index contributed by atoms with van der Waals surface area (Å²) < 4.78 is 59.9. The number of carbonyl (C=O) groups excluding carboxylic acids is 1. The number of methoxy groups -OCH3 is 1. The Hall–Kier alpha value is -3.14. The molecule has 2 N–H and O–H groups in total. The largest absolute Gasteiger partial charge is 0.494 e. The highest BCUT2D eigenvalue weighted by Gasteiger charge is 2.32. The second-order valence-corrected chi connectivity index (χ2v) is 8.26. The molecule has 10 heteroatoms. The van der Waals surface area contributed by atoms with Crippen molar-refractivity contribution in [2.75, 3.05) is 19.0 Å². The highest BCUT2D eigenvalue weighted by atomic mass is 19.4. The predicted octanol–water partition coefficient (Wildman–Crippen LogP) is 5.18. The Kier molecular flexibility index (Phi) is 6.29. The number of aromatic nitrogens is 2. The van der Waals surface area contributed by atoms with Crippen LogP contribution >= 0.6 is 0 Å². The van der Waals surface area contributed by atoms with E-state index >= 15 is 0 Å². The number of aliphatic hydroxyl groups is 1. The summed E-state index contributed by atoms with van der Waals surface area (Å²) in [7, 11) is 1.40. The van der Waals surface area contributed by atoms with Crippen LogP contribution in [0.25, 0.3) is 10.9 Å². The first-order chi connectivity index (χ1) is 15.7. The molecule has 6 nitrogen and oxygen atoms in total. The van der Waals surface area contributed by atoms with Crippen molar-refractivity contribution >= 4 is 22.5 Å². The van der Waals surface area contributed by atoms with Gasteiger partial charge in [0.25, 0.3) is 5.91 Å². The van der Waals surface area contributed by atoms with Gasteiger partial charge in [0.15, 0.2) is 0 Å². The van der Waals surface area contributed by atoms with Crippen LogP contribution in [0.1, 0.15) is 47.6 Å². The van der Waals surface area contributed by atoms with E-state index in [0.29, 0.717) is 29.0 Å². The van der Waals surface area contributed by atoms with E-state index in [1.807, 2.05) is 10.9 Å². The Bertz CT molecular complexity index is 1170. The molecule has 1 aliphatic rings. The Morgan fingerprint density at radius 2 is 1.91 bits per heavy atom. The summed E-state index contributed by atoms with van der Waals surface area (Å²) in [5.41, 5.74) is -0.830. The third-order valence-corrected chi connectivity index (χ3v) is 6.03. The number of alkyl halides is 3. The summed E-state index contributed by atoms with van der Waals surface area (Å²) in [5, 5.41) is 17.2. The fraction of sp³-hybridized carbons (Fsp3) is 0.391. The molecule has 0 bridgehead atoms. The second-order valence-electron chi connectivity index (χ2n) is 8.26. The molecule has 1 aliphatic carbocycles. The number of aliphatic hydroxyl groups excluding tert-OH is 1. The van der Waals surface area contributed by atoms with Crippen molar-refractivity contribution in [1.29, 1.82) is 0 Å². The molecule has 1 fully saturated rings. The summed E-state index contributed by atoms with van der Waals surface area (Å²) in [6, 6.07) is 5.14. The van der Waals surface area contributed by atoms with E-state index in [1.54, 1.807) is 12.1 Å². The predicted molar refractivity (Wildman–Crippen MR) is 114 cm³/mol. The SMILES string of the molecule is COc1cc2nn([C@H]3CC[C@H](CO)CC3)cc2cc1NC(=O)c1cc(F)cc(C(F)(F)F)c1. The van der Waals surface area contributed by atoms with E-state index in [4.69, 9.17) is 4.74 Å². The van der Waals surface area contributed by atoms with Gasteiger partial charge in [0.1, 0.15) is 11.6 Å². The normalized spacial score (nSPS) is 19.0. The summed E-state index contributed by atoms with van der Waals surface area (Å²) in [6.45, 7) is 0.184. The van der Waals surface area contributed by atoms with E-state index in [-0.39, 0.29) is 24.1 Å². The van der Waals surface area contributed by atoms with Gasteiger partial charge in [-0.15, -0.1) is 0 Å². The Morgan fingerprint density at radius 3 is 2.55 bits per heavy atom. The zero-order valence-electron chi connectivity index (χ0n) is 17.8. The van der Waals surface area contributed by atoms with Crippen LogP contribution in [0.5, 0.6) is 5.75 Å². The Labute approximate surface area is 187 Å². The average Bonchev–Trinajstić information content (AvgIpc) is 3.20. The molecule has 0 spiro atoms. The zero-order chi connectivity index (χ0) is 23.8. The summed E-state index contributed by atoms with van der Waals surface area (Å²) in [5.74, 6) is -1.46. The van der Waals surface area contributed by atoms with Crippen LogP contribution in [0.3, 0.4) is 0 Å². The van der Waals surface area contributed by atoms with Crippen molar-refractivity contribution in [2.45, 2.75) is 37.9 Å². The number of benzene rings is 2. The van der Waals surface area contributed by atoms with E-state index in [9.17, 15) is 27.5 Å². The van der Waals surface area contributed by atoms with Crippen molar-refractivity contribution in [1.82, 2.24) is 9.78 Å². The number of nitrogens with zero attached hydrogens (tertiary/aromatic N) is 2. The molecular formula is C23H23F4N3O3. The van der Waals surface area contributed by atoms with Gasteiger partial charge in [-0.3, -0.25) is 9.48 Å². The quantitative estimate of drug-likeness (QED) is 0.509. The van der Waals surface area contributed by atoms with Gasteiger partial charge in [0, 0.05) is 29.8 Å². The first kappa shape index (κ1) is 23.0. The number of hydrogen-bond acceptors (Lipinski definition) is 4. The standard InChI is InChI=1S/C23H23F4N3O3/c1-33-21-10-19-15(11-30(29-19)18-4-2-13(12-31)3-5-18)8-20(21)28-22(32)14-6-16(23(25,26)27)9-17(24)7-14/h6-11,13,18,31H,2-5,12H2,1H3,(H,28,32)/t13-,18-. The minimum absolute atomic E-state index is 0.184. The van der Waals surface area contributed by atoms with Gasteiger partial charge in [-0.2, -0.15) is 18.3 Å². The van der Waals surface area contributed by atoms with Gasteiger partial charge in [0.05, 0.1) is 29.9 Å². The number of hydrogen-bond donors (Lipinski definition) is 2. The highest BCUT2D eigenvalue weighted by molar-refractivity contribution is 6.06. The number of anilines is 1. The van der Waals surface area contributed by atoms with Crippen LogP contribution < -0.4 is 10.1 Å². The van der Waals surface area contributed by atoms with Gasteiger partial charge in [-0.25, -0.2) is 4.39 Å². The maximum atomic E-state index is 13.7. The van der Waals surface area contributed by atoms with Crippen LogP contribution in [-0.2, 0) is 6.18 Å². The molecule has 1 heterocycles. The summed E-state index contributed by atoms with van der Waals surface area (Å²) >= 11 is 0. The molecule has 4 rings (SSSR count). The fourth-order valence-electron chi connectivity index (χ4n) is 4.20. The molecule has 1 aromatic heterocycles. The van der Waals surface area contributed by atoms with Gasteiger partial charge in [-0.05, 0) is 55.9 Å². The smallest absolute Gasteiger partial charge is 0.416 e. The van der Waals surface area contributed by atoms with Crippen LogP contribution in [-0.4, -0.2) is 34.5 Å². The first-order valence-electron chi connectivity index (χ1n) is 10.5. The molecule has 0 unspecified atom stereocenters. The molecule has 1 amide bonds. The monoisotopic (exact) mass is 465 g/mol. The molecule has 176 valence electrons. The Morgan fingerprint density at radius 1 is 1.18 bits per heavy atom. The van der Waals surface area contributed by atoms with E-state index in [1.165, 1.54) is 7.11 Å². The van der Waals surface area contributed by atoms with Crippen LogP contribution in [0.2, 0.25) is 0 Å². The number of ether oxygens (including phenoxy) is 1. The molecule has 3 aromatic rings. The van der Waals surface area contributed by atoms with Crippen LogP contribution in [0.4, 0.5) is 23.2 Å². The third-order valence-electron chi connectivity index (χ3n) is 6.03. The topological polar surface area (TPSA) is 76.4 Å². The first-order valence-corrected chi connectivity index (χ1v) is 10.5.